The molecule has 1 aliphatic heterocycles. The van der Waals surface area contributed by atoms with Crippen LogP contribution in [0, 0.1) is 6.07 Å². The van der Waals surface area contributed by atoms with Gasteiger partial charge < -0.3 is 30.1 Å². The number of morpholine rings is 1. The Morgan fingerprint density at radius 2 is 2.48 bits per heavy atom. The van der Waals surface area contributed by atoms with Crippen LogP contribution in [0.2, 0.25) is 0 Å². The number of rotatable bonds is 4. The van der Waals surface area contributed by atoms with E-state index in [2.05, 4.69) is 38.1 Å². The average Bonchev–Trinajstić information content (AvgIpc) is 3.07. The summed E-state index contributed by atoms with van der Waals surface area (Å²) in [5.41, 5.74) is 0.804. The molecule has 23 heavy (non-hydrogen) atoms. The number of hydrogen-bond donors (Lipinski definition) is 2. The van der Waals surface area contributed by atoms with Crippen molar-refractivity contribution >= 4 is 17.9 Å². The Balaban J connectivity index is 0.00000192. The van der Waals surface area contributed by atoms with Crippen molar-refractivity contribution in [1.82, 2.24) is 25.4 Å². The molecule has 2 aromatic heterocycles. The van der Waals surface area contributed by atoms with Gasteiger partial charge in [-0.25, -0.2) is 16.4 Å². The molecular formula is C14H14KN6O2-. The quantitative estimate of drug-likeness (QED) is 0.206. The van der Waals surface area contributed by atoms with E-state index in [1.807, 2.05) is 0 Å². The summed E-state index contributed by atoms with van der Waals surface area (Å²) in [6.45, 7) is 2.10. The van der Waals surface area contributed by atoms with Gasteiger partial charge in [0.25, 0.3) is 0 Å². The average molecular weight is 337 g/mol. The van der Waals surface area contributed by atoms with Crippen LogP contribution in [0.4, 0.5) is 5.69 Å². The van der Waals surface area contributed by atoms with Crippen LogP contribution in [0.25, 0.3) is 0 Å². The third-order valence-corrected chi connectivity index (χ3v) is 3.00. The molecule has 8 nitrogen and oxygen atoms in total. The Labute approximate surface area is 176 Å². The summed E-state index contributed by atoms with van der Waals surface area (Å²) in [5.74, 6) is -0.389. The fraction of sp³-hybridized carbons (Fsp3) is 0.286. The van der Waals surface area contributed by atoms with Crippen molar-refractivity contribution in [1.29, 1.82) is 0 Å². The first-order chi connectivity index (χ1) is 10.8. The predicted molar refractivity (Wildman–Crippen MR) is 77.7 cm³/mol. The molecule has 0 aliphatic carbocycles. The Morgan fingerprint density at radius 3 is 3.22 bits per heavy atom. The monoisotopic (exact) mass is 337 g/mol. The second-order valence-corrected chi connectivity index (χ2v) is 4.51. The zero-order valence-corrected chi connectivity index (χ0v) is 15.8. The number of nitrogens with one attached hydrogen (secondary N) is 2. The van der Waals surface area contributed by atoms with Crippen LogP contribution in [-0.4, -0.2) is 46.7 Å². The molecule has 3 heterocycles. The number of carbonyl (C=O) groups is 1. The number of amides is 1. The third kappa shape index (κ3) is 5.28. The van der Waals surface area contributed by atoms with E-state index in [4.69, 9.17) is 4.74 Å². The van der Waals surface area contributed by atoms with E-state index in [0.717, 1.165) is 6.54 Å². The van der Waals surface area contributed by atoms with Gasteiger partial charge in [-0.2, -0.15) is 5.10 Å². The Bertz CT molecular complexity index is 654. The van der Waals surface area contributed by atoms with Crippen molar-refractivity contribution in [3.63, 3.8) is 0 Å². The van der Waals surface area contributed by atoms with E-state index >= 15 is 0 Å². The van der Waals surface area contributed by atoms with Gasteiger partial charge in [0, 0.05) is 19.3 Å². The van der Waals surface area contributed by atoms with Crippen LogP contribution in [0.15, 0.2) is 35.7 Å². The van der Waals surface area contributed by atoms with Gasteiger partial charge in [0.2, 0.25) is 0 Å². The van der Waals surface area contributed by atoms with Crippen LogP contribution in [0.5, 0.6) is 0 Å². The topological polar surface area (TPSA) is 93.4 Å². The molecule has 2 aromatic rings. The van der Waals surface area contributed by atoms with E-state index in [0.29, 0.717) is 18.8 Å². The fourth-order valence-electron chi connectivity index (χ4n) is 1.92. The van der Waals surface area contributed by atoms with Gasteiger partial charge in [-0.1, -0.05) is 12.4 Å². The van der Waals surface area contributed by atoms with E-state index in [1.165, 1.54) is 6.20 Å². The van der Waals surface area contributed by atoms with Gasteiger partial charge in [0.1, 0.15) is 0 Å². The largest absolute Gasteiger partial charge is 1.00 e. The van der Waals surface area contributed by atoms with Gasteiger partial charge in [0.05, 0.1) is 12.3 Å². The van der Waals surface area contributed by atoms with Crippen LogP contribution >= 0.6 is 0 Å². The number of pyridine rings is 1. The smallest absolute Gasteiger partial charge is 0.418 e. The van der Waals surface area contributed by atoms with Gasteiger partial charge in [-0.3, -0.25) is 6.07 Å². The number of hydrogen-bond acceptors (Lipinski definition) is 6. The number of nitrogens with zero attached hydrogens (tertiary/aromatic N) is 4. The summed E-state index contributed by atoms with van der Waals surface area (Å²) in [7, 11) is 0. The molecule has 114 valence electrons. The number of aromatic nitrogens is 3. The minimum absolute atomic E-state index is 0. The summed E-state index contributed by atoms with van der Waals surface area (Å²) in [5, 5.41) is 9.84. The van der Waals surface area contributed by atoms with Crippen molar-refractivity contribution in [3.8, 4) is 0 Å². The van der Waals surface area contributed by atoms with Gasteiger partial charge in [0.15, 0.2) is 12.1 Å². The maximum Gasteiger partial charge on any atom is 1.00 e. The molecule has 2 N–H and O–H groups in total. The molecule has 0 radical (unpaired) electrons. The first kappa shape index (κ1) is 18.4. The molecule has 0 bridgehead atoms. The summed E-state index contributed by atoms with van der Waals surface area (Å²) in [4.78, 5) is 19.7. The molecule has 3 rings (SSSR count). The zero-order valence-electron chi connectivity index (χ0n) is 12.7. The van der Waals surface area contributed by atoms with Crippen molar-refractivity contribution in [2.75, 3.05) is 19.7 Å². The maximum atomic E-state index is 11.9. The van der Waals surface area contributed by atoms with Crippen LogP contribution in [0.3, 0.4) is 0 Å². The number of carbonyl (C=O) groups excluding carboxylic acids is 1. The van der Waals surface area contributed by atoms with Gasteiger partial charge >= 0.3 is 51.4 Å². The van der Waals surface area contributed by atoms with E-state index in [9.17, 15) is 4.79 Å². The van der Waals surface area contributed by atoms with Crippen molar-refractivity contribution < 1.29 is 60.9 Å². The SMILES string of the molecule is O=C(N[C-]=Nc1[c-]cncc1)c1ccn(C2CNCCO2)n1.[K+]. The molecule has 1 atom stereocenters. The molecule has 1 unspecified atom stereocenters. The van der Waals surface area contributed by atoms with Crippen molar-refractivity contribution in [2.45, 2.75) is 6.23 Å². The second kappa shape index (κ2) is 9.38. The number of aliphatic imine (C=N–C) groups is 1. The molecule has 1 fully saturated rings. The first-order valence-electron chi connectivity index (χ1n) is 6.78. The molecule has 1 amide bonds. The zero-order chi connectivity index (χ0) is 15.2. The Hall–Kier alpha value is -0.944. The van der Waals surface area contributed by atoms with E-state index in [-0.39, 0.29) is 69.2 Å². The first-order valence-corrected chi connectivity index (χ1v) is 6.78. The molecule has 1 aliphatic rings. The maximum absolute atomic E-state index is 11.9. The summed E-state index contributed by atoms with van der Waals surface area (Å²) in [6.07, 6.45) is 7.05. The number of ether oxygens (including phenoxy) is 1. The van der Waals surface area contributed by atoms with Crippen molar-refractivity contribution in [3.05, 3.63) is 42.5 Å². The molecular weight excluding hydrogens is 323 g/mol. The Morgan fingerprint density at radius 1 is 1.57 bits per heavy atom. The molecule has 0 spiro atoms. The van der Waals surface area contributed by atoms with Crippen molar-refractivity contribution in [2.24, 2.45) is 4.99 Å². The van der Waals surface area contributed by atoms with Crippen LogP contribution in [-0.2, 0) is 4.74 Å². The van der Waals surface area contributed by atoms with Crippen LogP contribution in [0.1, 0.15) is 16.7 Å². The third-order valence-electron chi connectivity index (χ3n) is 3.00. The van der Waals surface area contributed by atoms with Gasteiger partial charge in [-0.05, 0) is 12.4 Å². The van der Waals surface area contributed by atoms with E-state index < -0.39 is 0 Å². The normalized spacial score (nSPS) is 17.7. The standard InChI is InChI=1S/C14H14N6O2.K/c21-14(18-10-17-11-1-4-15-5-2-11)12-3-7-20(19-12)13-9-16-6-8-22-13;/h1,3-5,7,13,16H,6,8-9H2,(H,15,17,18,21);/q-2;+1. The summed E-state index contributed by atoms with van der Waals surface area (Å²) in [6, 6.07) is 6.07. The molecule has 0 saturated carbocycles. The molecule has 1 saturated heterocycles. The van der Waals surface area contributed by atoms with E-state index in [1.54, 1.807) is 29.2 Å². The molecule has 0 aromatic carbocycles. The minimum Gasteiger partial charge on any atom is -0.418 e. The summed E-state index contributed by atoms with van der Waals surface area (Å²) >= 11 is 0. The fourth-order valence-corrected chi connectivity index (χ4v) is 1.92. The van der Waals surface area contributed by atoms with Crippen LogP contribution < -0.4 is 62.0 Å². The summed E-state index contributed by atoms with van der Waals surface area (Å²) < 4.78 is 7.18. The predicted octanol–water partition coefficient (Wildman–Crippen LogP) is -2.83. The Kier molecular flexibility index (Phi) is 7.50. The molecule has 9 heteroatoms. The van der Waals surface area contributed by atoms with Gasteiger partial charge in [-0.15, -0.1) is 0 Å². The minimum atomic E-state index is -0.389. The second-order valence-electron chi connectivity index (χ2n) is 4.51.